The Kier molecular flexibility index (Phi) is 5.29. The van der Waals surface area contributed by atoms with E-state index in [0.29, 0.717) is 0 Å². The van der Waals surface area contributed by atoms with Crippen LogP contribution in [0.3, 0.4) is 0 Å². The summed E-state index contributed by atoms with van der Waals surface area (Å²) in [5, 5.41) is 1.13. The van der Waals surface area contributed by atoms with Gasteiger partial charge in [0, 0.05) is 38.1 Å². The average molecular weight is 249 g/mol. The van der Waals surface area contributed by atoms with Gasteiger partial charge in [-0.05, 0) is 12.5 Å². The number of hydrogen-bond acceptors (Lipinski definition) is 2. The van der Waals surface area contributed by atoms with Crippen molar-refractivity contribution in [1.82, 2.24) is 9.80 Å². The van der Waals surface area contributed by atoms with E-state index in [1.54, 1.807) is 0 Å². The van der Waals surface area contributed by atoms with E-state index >= 15 is 0 Å². The monoisotopic (exact) mass is 248 g/mol. The molecule has 78 valence electrons. The van der Waals surface area contributed by atoms with Crippen LogP contribution in [0.4, 0.5) is 0 Å². The minimum absolute atomic E-state index is 0.785. The largest absolute Gasteiger partial charge is 0.301 e. The van der Waals surface area contributed by atoms with E-state index < -0.39 is 0 Å². The smallest absolute Gasteiger partial charge is 0.0110 e. The first kappa shape index (κ1) is 11.5. The van der Waals surface area contributed by atoms with Crippen molar-refractivity contribution in [3.05, 3.63) is 0 Å². The van der Waals surface area contributed by atoms with E-state index in [4.69, 9.17) is 0 Å². The fourth-order valence-corrected chi connectivity index (χ4v) is 1.98. The highest BCUT2D eigenvalue weighted by molar-refractivity contribution is 9.09. The molecule has 0 aliphatic carbocycles. The highest BCUT2D eigenvalue weighted by atomic mass is 79.9. The third kappa shape index (κ3) is 3.96. The Balaban J connectivity index is 2.17. The molecular weight excluding hydrogens is 228 g/mol. The molecular formula is C10H21BrN2. The lowest BCUT2D eigenvalue weighted by Crippen LogP contribution is -2.47. The van der Waals surface area contributed by atoms with Crippen LogP contribution in [0.15, 0.2) is 0 Å². The molecule has 13 heavy (non-hydrogen) atoms. The molecule has 1 heterocycles. The van der Waals surface area contributed by atoms with Crippen molar-refractivity contribution in [2.45, 2.75) is 13.8 Å². The van der Waals surface area contributed by atoms with Crippen LogP contribution in [0.5, 0.6) is 0 Å². The summed E-state index contributed by atoms with van der Waals surface area (Å²) >= 11 is 3.53. The van der Waals surface area contributed by atoms with Crippen LogP contribution in [0.25, 0.3) is 0 Å². The summed E-state index contributed by atoms with van der Waals surface area (Å²) in [4.78, 5) is 5.10. The van der Waals surface area contributed by atoms with Gasteiger partial charge < -0.3 is 9.80 Å². The maximum atomic E-state index is 3.53. The zero-order chi connectivity index (χ0) is 9.68. The number of nitrogens with zero attached hydrogens (tertiary/aromatic N) is 2. The first-order chi connectivity index (χ1) is 6.26. The second-order valence-electron chi connectivity index (χ2n) is 3.99. The molecule has 1 rings (SSSR count). The Labute approximate surface area is 90.4 Å². The molecule has 0 aromatic heterocycles. The van der Waals surface area contributed by atoms with Crippen LogP contribution in [0.2, 0.25) is 0 Å². The molecule has 0 radical (unpaired) electrons. The molecule has 0 amide bonds. The van der Waals surface area contributed by atoms with E-state index in [1.807, 2.05) is 0 Å². The van der Waals surface area contributed by atoms with Gasteiger partial charge in [-0.1, -0.05) is 29.8 Å². The number of alkyl halides is 1. The predicted octanol–water partition coefficient (Wildman–Crippen LogP) is 1.65. The highest BCUT2D eigenvalue weighted by Gasteiger charge is 2.16. The summed E-state index contributed by atoms with van der Waals surface area (Å²) < 4.78 is 0. The minimum Gasteiger partial charge on any atom is -0.301 e. The molecule has 1 atom stereocenters. The Morgan fingerprint density at radius 1 is 1.15 bits per heavy atom. The zero-order valence-corrected chi connectivity index (χ0v) is 10.4. The number of hydrogen-bond donors (Lipinski definition) is 0. The van der Waals surface area contributed by atoms with E-state index in [-0.39, 0.29) is 0 Å². The van der Waals surface area contributed by atoms with Crippen molar-refractivity contribution in [2.75, 3.05) is 44.6 Å². The van der Waals surface area contributed by atoms with Crippen molar-refractivity contribution in [1.29, 1.82) is 0 Å². The molecule has 0 N–H and O–H groups in total. The van der Waals surface area contributed by atoms with Crippen LogP contribution in [0.1, 0.15) is 13.8 Å². The maximum Gasteiger partial charge on any atom is 0.0110 e. The van der Waals surface area contributed by atoms with Gasteiger partial charge in [0.1, 0.15) is 0 Å². The van der Waals surface area contributed by atoms with Crippen LogP contribution < -0.4 is 0 Å². The van der Waals surface area contributed by atoms with Gasteiger partial charge in [0.2, 0.25) is 0 Å². The second-order valence-corrected chi connectivity index (χ2v) is 4.64. The lowest BCUT2D eigenvalue weighted by Gasteiger charge is -2.35. The lowest BCUT2D eigenvalue weighted by molar-refractivity contribution is 0.127. The van der Waals surface area contributed by atoms with Gasteiger partial charge >= 0.3 is 0 Å². The van der Waals surface area contributed by atoms with Crippen molar-refractivity contribution in [3.8, 4) is 0 Å². The Bertz CT molecular complexity index is 133. The van der Waals surface area contributed by atoms with Crippen LogP contribution >= 0.6 is 15.9 Å². The predicted molar refractivity (Wildman–Crippen MR) is 61.5 cm³/mol. The van der Waals surface area contributed by atoms with E-state index in [1.165, 1.54) is 39.3 Å². The Morgan fingerprint density at radius 2 is 1.69 bits per heavy atom. The quantitative estimate of drug-likeness (QED) is 0.699. The fraction of sp³-hybridized carbons (Fsp3) is 1.00. The molecule has 1 fully saturated rings. The van der Waals surface area contributed by atoms with Gasteiger partial charge in [-0.2, -0.15) is 0 Å². The summed E-state index contributed by atoms with van der Waals surface area (Å²) in [5.41, 5.74) is 0. The molecule has 1 aliphatic rings. The van der Waals surface area contributed by atoms with Crippen molar-refractivity contribution in [3.63, 3.8) is 0 Å². The van der Waals surface area contributed by atoms with Crippen LogP contribution in [-0.4, -0.2) is 54.4 Å². The third-order valence-electron chi connectivity index (χ3n) is 2.75. The van der Waals surface area contributed by atoms with Crippen LogP contribution in [0, 0.1) is 5.92 Å². The normalized spacial score (nSPS) is 23.3. The summed E-state index contributed by atoms with van der Waals surface area (Å²) in [6, 6.07) is 0. The molecule has 1 unspecified atom stereocenters. The molecule has 0 aromatic carbocycles. The first-order valence-electron chi connectivity index (χ1n) is 5.27. The summed E-state index contributed by atoms with van der Waals surface area (Å²) in [6.07, 6.45) is 0. The fourth-order valence-electron chi connectivity index (χ4n) is 1.78. The number of likely N-dealkylation sites (N-methyl/N-ethyl adjacent to an activating group) is 1. The SMILES string of the molecule is CCN1CCN(CC(C)CBr)CC1. The van der Waals surface area contributed by atoms with E-state index in [2.05, 4.69) is 39.6 Å². The highest BCUT2D eigenvalue weighted by Crippen LogP contribution is 2.07. The minimum atomic E-state index is 0.785. The van der Waals surface area contributed by atoms with Gasteiger partial charge in [0.25, 0.3) is 0 Å². The lowest BCUT2D eigenvalue weighted by atomic mass is 10.2. The summed E-state index contributed by atoms with van der Waals surface area (Å²) in [7, 11) is 0. The first-order valence-corrected chi connectivity index (χ1v) is 6.39. The number of piperazine rings is 1. The topological polar surface area (TPSA) is 6.48 Å². The standard InChI is InChI=1S/C10H21BrN2/c1-3-12-4-6-13(7-5-12)9-10(2)8-11/h10H,3-9H2,1-2H3. The molecule has 1 aliphatic heterocycles. The van der Waals surface area contributed by atoms with Crippen molar-refractivity contribution < 1.29 is 0 Å². The molecule has 2 nitrogen and oxygen atoms in total. The second kappa shape index (κ2) is 5.99. The summed E-state index contributed by atoms with van der Waals surface area (Å²) in [6.45, 7) is 12.0. The molecule has 1 saturated heterocycles. The zero-order valence-electron chi connectivity index (χ0n) is 8.80. The van der Waals surface area contributed by atoms with E-state index in [9.17, 15) is 0 Å². The van der Waals surface area contributed by atoms with Crippen molar-refractivity contribution in [2.24, 2.45) is 5.92 Å². The van der Waals surface area contributed by atoms with Crippen LogP contribution in [-0.2, 0) is 0 Å². The molecule has 0 bridgehead atoms. The van der Waals surface area contributed by atoms with Gasteiger partial charge in [0.15, 0.2) is 0 Å². The Hall–Kier alpha value is 0.400. The third-order valence-corrected chi connectivity index (χ3v) is 3.85. The van der Waals surface area contributed by atoms with E-state index in [0.717, 1.165) is 11.2 Å². The number of rotatable bonds is 4. The van der Waals surface area contributed by atoms with Gasteiger partial charge in [-0.25, -0.2) is 0 Å². The molecule has 0 aromatic rings. The van der Waals surface area contributed by atoms with Gasteiger partial charge in [-0.15, -0.1) is 0 Å². The Morgan fingerprint density at radius 3 is 2.15 bits per heavy atom. The molecule has 0 saturated carbocycles. The maximum absolute atomic E-state index is 3.53. The average Bonchev–Trinajstić information content (AvgIpc) is 2.19. The molecule has 0 spiro atoms. The summed E-state index contributed by atoms with van der Waals surface area (Å²) in [5.74, 6) is 0.785. The number of halogens is 1. The van der Waals surface area contributed by atoms with Gasteiger partial charge in [-0.3, -0.25) is 0 Å². The van der Waals surface area contributed by atoms with Gasteiger partial charge in [0.05, 0.1) is 0 Å². The van der Waals surface area contributed by atoms with Crippen molar-refractivity contribution >= 4 is 15.9 Å². The molecule has 3 heteroatoms.